The van der Waals surface area contributed by atoms with Gasteiger partial charge < -0.3 is 0 Å². The van der Waals surface area contributed by atoms with Gasteiger partial charge in [-0.1, -0.05) is 90.5 Å². The van der Waals surface area contributed by atoms with Crippen molar-refractivity contribution in [2.45, 2.75) is 51.5 Å². The van der Waals surface area contributed by atoms with Crippen molar-refractivity contribution in [3.8, 4) is 0 Å². The first-order valence-corrected chi connectivity index (χ1v) is 10.2. The standard InChI is InChI=1S/C19H26Si/c1-16-9-8-14-19(16)20(18-12-6-3-7-13-18)15-17-10-4-2-5-11-17/h3,6-9,12-13,17,20H,2,4-5,10-11,14-15H2,1H3. The van der Waals surface area contributed by atoms with Crippen LogP contribution in [0.2, 0.25) is 6.04 Å². The average Bonchev–Trinajstić information content (AvgIpc) is 2.93. The van der Waals surface area contributed by atoms with Crippen molar-refractivity contribution in [3.05, 3.63) is 53.3 Å². The molecule has 20 heavy (non-hydrogen) atoms. The van der Waals surface area contributed by atoms with Crippen LogP contribution in [0, 0.1) is 5.92 Å². The van der Waals surface area contributed by atoms with Gasteiger partial charge in [0.1, 0.15) is 0 Å². The van der Waals surface area contributed by atoms with Crippen LogP contribution in [0.5, 0.6) is 0 Å². The van der Waals surface area contributed by atoms with Gasteiger partial charge in [0.2, 0.25) is 0 Å². The van der Waals surface area contributed by atoms with Crippen molar-refractivity contribution in [3.63, 3.8) is 0 Å². The molecule has 106 valence electrons. The minimum absolute atomic E-state index is 0.959. The minimum atomic E-state index is -0.959. The molecule has 0 radical (unpaired) electrons. The van der Waals surface area contributed by atoms with E-state index in [-0.39, 0.29) is 0 Å². The SMILES string of the molecule is CC1=C([SiH](CC2CCCCC2)c2ccccc2)CC=C1. The van der Waals surface area contributed by atoms with Gasteiger partial charge >= 0.3 is 0 Å². The molecule has 0 amide bonds. The van der Waals surface area contributed by atoms with E-state index in [0.29, 0.717) is 0 Å². The van der Waals surface area contributed by atoms with E-state index >= 15 is 0 Å². The van der Waals surface area contributed by atoms with Gasteiger partial charge in [-0.05, 0) is 25.3 Å². The first kappa shape index (κ1) is 13.9. The number of benzene rings is 1. The molecular formula is C19H26Si. The zero-order chi connectivity index (χ0) is 13.8. The van der Waals surface area contributed by atoms with Gasteiger partial charge in [0, 0.05) is 0 Å². The fourth-order valence-electron chi connectivity index (χ4n) is 3.97. The molecule has 1 atom stereocenters. The Morgan fingerprint density at radius 2 is 1.80 bits per heavy atom. The van der Waals surface area contributed by atoms with Crippen molar-refractivity contribution in [2.24, 2.45) is 5.92 Å². The van der Waals surface area contributed by atoms with Crippen molar-refractivity contribution in [1.29, 1.82) is 0 Å². The largest absolute Gasteiger partial charge is 0.0986 e. The summed E-state index contributed by atoms with van der Waals surface area (Å²) in [6.45, 7) is 2.32. The minimum Gasteiger partial charge on any atom is -0.0806 e. The molecule has 1 saturated carbocycles. The Kier molecular flexibility index (Phi) is 4.57. The topological polar surface area (TPSA) is 0 Å². The maximum absolute atomic E-state index is 2.39. The van der Waals surface area contributed by atoms with Gasteiger partial charge in [0.15, 0.2) is 0 Å². The van der Waals surface area contributed by atoms with Crippen LogP contribution in [0.25, 0.3) is 0 Å². The van der Waals surface area contributed by atoms with Crippen LogP contribution >= 0.6 is 0 Å². The van der Waals surface area contributed by atoms with Crippen LogP contribution in [-0.4, -0.2) is 8.80 Å². The normalized spacial score (nSPS) is 21.4. The number of allylic oxidation sites excluding steroid dienone is 4. The summed E-state index contributed by atoms with van der Waals surface area (Å²) in [6, 6.07) is 12.9. The van der Waals surface area contributed by atoms with Gasteiger partial charge in [-0.25, -0.2) is 0 Å². The van der Waals surface area contributed by atoms with E-state index < -0.39 is 8.80 Å². The van der Waals surface area contributed by atoms with Gasteiger partial charge in [0.25, 0.3) is 0 Å². The summed E-state index contributed by atoms with van der Waals surface area (Å²) >= 11 is 0. The van der Waals surface area contributed by atoms with Crippen molar-refractivity contribution >= 4 is 14.0 Å². The maximum atomic E-state index is 2.39. The summed E-state index contributed by atoms with van der Waals surface area (Å²) < 4.78 is 0. The van der Waals surface area contributed by atoms with Gasteiger partial charge in [-0.15, -0.1) is 0 Å². The van der Waals surface area contributed by atoms with E-state index in [1.807, 2.05) is 5.20 Å². The highest BCUT2D eigenvalue weighted by Crippen LogP contribution is 2.31. The molecule has 1 fully saturated rings. The van der Waals surface area contributed by atoms with Gasteiger partial charge in [0.05, 0.1) is 8.80 Å². The van der Waals surface area contributed by atoms with Crippen LogP contribution in [0.4, 0.5) is 0 Å². The average molecular weight is 283 g/mol. The van der Waals surface area contributed by atoms with Crippen molar-refractivity contribution < 1.29 is 0 Å². The molecule has 0 nitrogen and oxygen atoms in total. The fourth-order valence-corrected chi connectivity index (χ4v) is 7.82. The van der Waals surface area contributed by atoms with Crippen LogP contribution in [-0.2, 0) is 0 Å². The van der Waals surface area contributed by atoms with Crippen molar-refractivity contribution in [1.82, 2.24) is 0 Å². The molecule has 2 aliphatic carbocycles. The lowest BCUT2D eigenvalue weighted by atomic mass is 9.91. The van der Waals surface area contributed by atoms with E-state index in [4.69, 9.17) is 0 Å². The summed E-state index contributed by atoms with van der Waals surface area (Å²) in [4.78, 5) is 0. The van der Waals surface area contributed by atoms with Crippen LogP contribution < -0.4 is 5.19 Å². The lowest BCUT2D eigenvalue weighted by molar-refractivity contribution is 0.384. The van der Waals surface area contributed by atoms with Gasteiger partial charge in [-0.3, -0.25) is 0 Å². The van der Waals surface area contributed by atoms with Crippen LogP contribution in [0.15, 0.2) is 53.3 Å². The summed E-state index contributed by atoms with van der Waals surface area (Å²) in [5.74, 6) is 1.00. The third-order valence-electron chi connectivity index (χ3n) is 5.13. The second-order valence-corrected chi connectivity index (χ2v) is 9.46. The third kappa shape index (κ3) is 3.14. The number of hydrogen-bond acceptors (Lipinski definition) is 0. The molecule has 0 aromatic heterocycles. The fraction of sp³-hybridized carbons (Fsp3) is 0.474. The van der Waals surface area contributed by atoms with E-state index in [1.165, 1.54) is 44.6 Å². The van der Waals surface area contributed by atoms with Crippen LogP contribution in [0.1, 0.15) is 45.4 Å². The quantitative estimate of drug-likeness (QED) is 0.712. The summed E-state index contributed by atoms with van der Waals surface area (Å²) in [7, 11) is -0.959. The maximum Gasteiger partial charge on any atom is 0.0986 e. The molecule has 0 heterocycles. The highest BCUT2D eigenvalue weighted by atomic mass is 28.3. The molecule has 1 unspecified atom stereocenters. The summed E-state index contributed by atoms with van der Waals surface area (Å²) in [5, 5.41) is 3.47. The smallest absolute Gasteiger partial charge is 0.0806 e. The van der Waals surface area contributed by atoms with E-state index in [1.54, 1.807) is 10.8 Å². The third-order valence-corrected chi connectivity index (χ3v) is 8.99. The van der Waals surface area contributed by atoms with E-state index in [9.17, 15) is 0 Å². The number of hydrogen-bond donors (Lipinski definition) is 0. The lowest BCUT2D eigenvalue weighted by Gasteiger charge is -2.27. The Bertz CT molecular complexity index is 492. The molecule has 1 aromatic rings. The monoisotopic (exact) mass is 282 g/mol. The van der Waals surface area contributed by atoms with E-state index in [2.05, 4.69) is 49.4 Å². The molecule has 3 rings (SSSR count). The first-order chi connectivity index (χ1) is 9.84. The highest BCUT2D eigenvalue weighted by Gasteiger charge is 2.26. The Morgan fingerprint density at radius 1 is 1.05 bits per heavy atom. The predicted octanol–water partition coefficient (Wildman–Crippen LogP) is 4.52. The van der Waals surface area contributed by atoms with Crippen molar-refractivity contribution in [2.75, 3.05) is 0 Å². The number of rotatable bonds is 4. The molecule has 1 heteroatoms. The Labute approximate surface area is 125 Å². The molecule has 0 bridgehead atoms. The van der Waals surface area contributed by atoms with E-state index in [0.717, 1.165) is 5.92 Å². The second kappa shape index (κ2) is 6.58. The molecule has 1 aromatic carbocycles. The van der Waals surface area contributed by atoms with Crippen LogP contribution in [0.3, 0.4) is 0 Å². The molecule has 0 aliphatic heterocycles. The predicted molar refractivity (Wildman–Crippen MR) is 91.1 cm³/mol. The zero-order valence-corrected chi connectivity index (χ0v) is 13.8. The first-order valence-electron chi connectivity index (χ1n) is 8.25. The summed E-state index contributed by atoms with van der Waals surface area (Å²) in [6.07, 6.45) is 13.3. The lowest BCUT2D eigenvalue weighted by Crippen LogP contribution is -2.35. The molecule has 2 aliphatic rings. The Balaban J connectivity index is 1.82. The summed E-state index contributed by atoms with van der Waals surface area (Å²) in [5.41, 5.74) is 1.57. The Hall–Kier alpha value is -1.08. The molecular weight excluding hydrogens is 256 g/mol. The molecule has 0 saturated heterocycles. The molecule has 0 N–H and O–H groups in total. The van der Waals surface area contributed by atoms with Gasteiger partial charge in [-0.2, -0.15) is 0 Å². The zero-order valence-electron chi connectivity index (χ0n) is 12.6. The highest BCUT2D eigenvalue weighted by molar-refractivity contribution is 6.80. The molecule has 0 spiro atoms. The second-order valence-electron chi connectivity index (χ2n) is 6.52. The Morgan fingerprint density at radius 3 is 2.45 bits per heavy atom.